The van der Waals surface area contributed by atoms with E-state index in [1.54, 1.807) is 0 Å². The molecule has 0 unspecified atom stereocenters. The second kappa shape index (κ2) is 8.13. The fourth-order valence-corrected chi connectivity index (χ4v) is 2.60. The van der Waals surface area contributed by atoms with Crippen LogP contribution in [0.5, 0.6) is 0 Å². The molecule has 0 bridgehead atoms. The van der Waals surface area contributed by atoms with Crippen molar-refractivity contribution in [3.05, 3.63) is 48.1 Å². The van der Waals surface area contributed by atoms with E-state index in [1.165, 1.54) is 24.3 Å². The summed E-state index contributed by atoms with van der Waals surface area (Å²) in [6.45, 7) is 0.506. The third-order valence-electron chi connectivity index (χ3n) is 3.73. The van der Waals surface area contributed by atoms with E-state index in [2.05, 4.69) is 10.1 Å². The van der Waals surface area contributed by atoms with Crippen molar-refractivity contribution in [2.45, 2.75) is 25.5 Å². The van der Waals surface area contributed by atoms with Crippen molar-refractivity contribution in [2.75, 3.05) is 13.2 Å². The van der Waals surface area contributed by atoms with Gasteiger partial charge in [0.05, 0.1) is 13.2 Å². The number of ether oxygens (including phenoxy) is 1. The molecule has 0 saturated carbocycles. The third-order valence-corrected chi connectivity index (χ3v) is 3.73. The lowest BCUT2D eigenvalue weighted by atomic mass is 9.84. The number of carbonyl (C=O) groups is 1. The Balaban J connectivity index is 2.32. The van der Waals surface area contributed by atoms with Crippen LogP contribution in [0.1, 0.15) is 18.9 Å². The molecule has 0 saturated heterocycles. The molecule has 2 atom stereocenters. The molecule has 0 fully saturated rings. The Kier molecular flexibility index (Phi) is 6.16. The van der Waals surface area contributed by atoms with Crippen molar-refractivity contribution in [1.82, 2.24) is 14.8 Å². The average molecular weight is 355 g/mol. The monoisotopic (exact) mass is 355 g/mol. The van der Waals surface area contributed by atoms with E-state index in [1.807, 2.05) is 0 Å². The van der Waals surface area contributed by atoms with Crippen LogP contribution in [0.25, 0.3) is 0 Å². The lowest BCUT2D eigenvalue weighted by Gasteiger charge is -2.32. The number of aliphatic hydroxyl groups is 2. The van der Waals surface area contributed by atoms with Gasteiger partial charge in [0.25, 0.3) is 0 Å². The molecule has 9 heteroatoms. The summed E-state index contributed by atoms with van der Waals surface area (Å²) in [7, 11) is 0. The van der Waals surface area contributed by atoms with Crippen molar-refractivity contribution < 1.29 is 28.5 Å². The molecular formula is C16H19F2N3O4. The zero-order chi connectivity index (χ0) is 18.4. The molecule has 2 rings (SSSR count). The zero-order valence-corrected chi connectivity index (χ0v) is 13.6. The van der Waals surface area contributed by atoms with Gasteiger partial charge < -0.3 is 14.9 Å². The number of nitrogens with zero attached hydrogens (tertiary/aromatic N) is 3. The minimum absolute atomic E-state index is 0.140. The number of benzene rings is 1. The first-order valence-electron chi connectivity index (χ1n) is 7.58. The second-order valence-electron chi connectivity index (χ2n) is 5.80. The van der Waals surface area contributed by atoms with Gasteiger partial charge >= 0.3 is 5.97 Å². The van der Waals surface area contributed by atoms with E-state index in [-0.39, 0.29) is 25.1 Å². The molecule has 1 heterocycles. The van der Waals surface area contributed by atoms with Crippen molar-refractivity contribution in [2.24, 2.45) is 5.92 Å². The highest BCUT2D eigenvalue weighted by atomic mass is 19.1. The predicted molar refractivity (Wildman–Crippen MR) is 82.1 cm³/mol. The molecule has 0 radical (unpaired) electrons. The van der Waals surface area contributed by atoms with E-state index in [0.29, 0.717) is 6.07 Å². The number of hydrogen-bond donors (Lipinski definition) is 2. The fraction of sp³-hybridized carbons (Fsp3) is 0.438. The zero-order valence-electron chi connectivity index (χ0n) is 13.6. The Morgan fingerprint density at radius 3 is 2.76 bits per heavy atom. The molecule has 1 aromatic carbocycles. The molecule has 136 valence electrons. The van der Waals surface area contributed by atoms with E-state index in [9.17, 15) is 23.8 Å². The van der Waals surface area contributed by atoms with Gasteiger partial charge in [-0.3, -0.25) is 4.79 Å². The number of aromatic nitrogens is 3. The van der Waals surface area contributed by atoms with Gasteiger partial charge in [-0.1, -0.05) is 6.07 Å². The largest absolute Gasteiger partial charge is 0.465 e. The van der Waals surface area contributed by atoms with Crippen molar-refractivity contribution in [3.8, 4) is 0 Å². The van der Waals surface area contributed by atoms with Gasteiger partial charge in [0, 0.05) is 31.1 Å². The van der Waals surface area contributed by atoms with Crippen LogP contribution >= 0.6 is 0 Å². The van der Waals surface area contributed by atoms with Gasteiger partial charge in [0.1, 0.15) is 29.9 Å². The summed E-state index contributed by atoms with van der Waals surface area (Å²) in [5.74, 6) is -2.89. The number of hydrogen-bond acceptors (Lipinski definition) is 6. The van der Waals surface area contributed by atoms with Crippen LogP contribution in [-0.2, 0) is 21.7 Å². The Morgan fingerprint density at radius 1 is 1.44 bits per heavy atom. The van der Waals surface area contributed by atoms with Crippen LogP contribution in [-0.4, -0.2) is 44.2 Å². The second-order valence-corrected chi connectivity index (χ2v) is 5.80. The molecular weight excluding hydrogens is 336 g/mol. The number of aliphatic hydroxyl groups excluding tert-OH is 1. The number of rotatable bonds is 8. The van der Waals surface area contributed by atoms with E-state index in [4.69, 9.17) is 4.74 Å². The van der Waals surface area contributed by atoms with Crippen LogP contribution in [0.4, 0.5) is 8.78 Å². The first-order valence-corrected chi connectivity index (χ1v) is 7.58. The van der Waals surface area contributed by atoms with Gasteiger partial charge in [-0.05, 0) is 12.5 Å². The van der Waals surface area contributed by atoms with E-state index < -0.39 is 35.7 Å². The first kappa shape index (κ1) is 18.9. The Bertz CT molecular complexity index is 711. The first-order chi connectivity index (χ1) is 11.8. The molecule has 0 aliphatic rings. The molecule has 0 aliphatic heterocycles. The summed E-state index contributed by atoms with van der Waals surface area (Å²) in [6.07, 6.45) is 2.45. The molecule has 1 aromatic heterocycles. The van der Waals surface area contributed by atoms with Gasteiger partial charge in [-0.25, -0.2) is 18.4 Å². The average Bonchev–Trinajstić information content (AvgIpc) is 3.03. The standard InChI is InChI=1S/C16H19F2N3O4/c1-11(23)25-7-12(6-22)5-16(24,8-21-10-19-9-20-21)14-3-2-13(17)4-15(14)18/h2-4,9-10,12,22,24H,5-8H2,1H3/t12-,16-/m0/s1. The molecule has 7 nitrogen and oxygen atoms in total. The van der Waals surface area contributed by atoms with Gasteiger partial charge in [0.2, 0.25) is 0 Å². The maximum absolute atomic E-state index is 14.2. The van der Waals surface area contributed by atoms with E-state index >= 15 is 0 Å². The molecule has 0 spiro atoms. The van der Waals surface area contributed by atoms with Crippen LogP contribution in [0.3, 0.4) is 0 Å². The maximum Gasteiger partial charge on any atom is 0.302 e. The highest BCUT2D eigenvalue weighted by molar-refractivity contribution is 5.65. The smallest absolute Gasteiger partial charge is 0.302 e. The Morgan fingerprint density at radius 2 is 2.20 bits per heavy atom. The summed E-state index contributed by atoms with van der Waals surface area (Å²) in [6, 6.07) is 2.84. The molecule has 0 aliphatic carbocycles. The number of carbonyl (C=O) groups excluding carboxylic acids is 1. The van der Waals surface area contributed by atoms with Crippen molar-refractivity contribution in [1.29, 1.82) is 0 Å². The van der Waals surface area contributed by atoms with Crippen molar-refractivity contribution in [3.63, 3.8) is 0 Å². The minimum atomic E-state index is -1.82. The van der Waals surface area contributed by atoms with Gasteiger partial charge in [-0.2, -0.15) is 5.10 Å². The predicted octanol–water partition coefficient (Wildman–Crippen LogP) is 1.01. The Labute approximate surface area is 142 Å². The number of halogens is 2. The van der Waals surface area contributed by atoms with Gasteiger partial charge in [0.15, 0.2) is 0 Å². The highest BCUT2D eigenvalue weighted by Gasteiger charge is 2.36. The van der Waals surface area contributed by atoms with Crippen LogP contribution < -0.4 is 0 Å². The van der Waals surface area contributed by atoms with Gasteiger partial charge in [-0.15, -0.1) is 0 Å². The van der Waals surface area contributed by atoms with Crippen LogP contribution in [0, 0.1) is 17.6 Å². The number of esters is 1. The summed E-state index contributed by atoms with van der Waals surface area (Å²) < 4.78 is 33.6. The lowest BCUT2D eigenvalue weighted by Crippen LogP contribution is -2.37. The molecule has 2 aromatic rings. The topological polar surface area (TPSA) is 97.5 Å². The SMILES string of the molecule is CC(=O)OC[C@H](CO)C[C@](O)(Cn1cncn1)c1ccc(F)cc1F. The van der Waals surface area contributed by atoms with E-state index in [0.717, 1.165) is 12.1 Å². The molecule has 2 N–H and O–H groups in total. The normalized spacial score (nSPS) is 14.8. The summed E-state index contributed by atoms with van der Waals surface area (Å²) >= 11 is 0. The Hall–Kier alpha value is -2.39. The van der Waals surface area contributed by atoms with Crippen molar-refractivity contribution >= 4 is 5.97 Å². The van der Waals surface area contributed by atoms with Crippen LogP contribution in [0.15, 0.2) is 30.9 Å². The molecule has 25 heavy (non-hydrogen) atoms. The fourth-order valence-electron chi connectivity index (χ4n) is 2.60. The summed E-state index contributed by atoms with van der Waals surface area (Å²) in [5.41, 5.74) is -1.97. The lowest BCUT2D eigenvalue weighted by molar-refractivity contribution is -0.144. The minimum Gasteiger partial charge on any atom is -0.465 e. The third kappa shape index (κ3) is 5.04. The highest BCUT2D eigenvalue weighted by Crippen LogP contribution is 2.33. The molecule has 0 amide bonds. The quantitative estimate of drug-likeness (QED) is 0.686. The van der Waals surface area contributed by atoms with Crippen LogP contribution in [0.2, 0.25) is 0 Å². The summed E-state index contributed by atoms with van der Waals surface area (Å²) in [5, 5.41) is 24.5. The maximum atomic E-state index is 14.2. The summed E-state index contributed by atoms with van der Waals surface area (Å²) in [4.78, 5) is 14.7.